The molecule has 0 unspecified atom stereocenters. The van der Waals surface area contributed by atoms with Crippen molar-refractivity contribution in [3.8, 4) is 0 Å². The molecule has 0 aliphatic heterocycles. The number of amides is 1. The van der Waals surface area contributed by atoms with Crippen LogP contribution in [0.2, 0.25) is 0 Å². The Kier molecular flexibility index (Phi) is 6.87. The van der Waals surface area contributed by atoms with E-state index < -0.39 is 22.5 Å². The quantitative estimate of drug-likeness (QED) is 0.451. The number of hydrogen-bond acceptors (Lipinski definition) is 4. The molecule has 0 radical (unpaired) electrons. The van der Waals surface area contributed by atoms with Gasteiger partial charge in [0.1, 0.15) is 6.54 Å². The Morgan fingerprint density at radius 2 is 1.61 bits per heavy atom. The predicted molar refractivity (Wildman–Crippen MR) is 124 cm³/mol. The molecule has 0 fully saturated rings. The first-order chi connectivity index (χ1) is 14.8. The molecule has 1 N–H and O–H groups in total. The highest BCUT2D eigenvalue weighted by atomic mass is 32.2. The maximum absolute atomic E-state index is 13.3. The maximum Gasteiger partial charge on any atom is 0.264 e. The number of rotatable bonds is 7. The third kappa shape index (κ3) is 5.58. The zero-order chi connectivity index (χ0) is 22.4. The van der Waals surface area contributed by atoms with Crippen LogP contribution in [-0.2, 0) is 14.8 Å². The van der Waals surface area contributed by atoms with Crippen molar-refractivity contribution >= 4 is 27.8 Å². The highest BCUT2D eigenvalue weighted by molar-refractivity contribution is 7.92. The lowest BCUT2D eigenvalue weighted by Gasteiger charge is -2.24. The number of carbonyl (C=O) groups is 1. The minimum Gasteiger partial charge on any atom is -0.271 e. The smallest absolute Gasteiger partial charge is 0.264 e. The van der Waals surface area contributed by atoms with E-state index in [1.54, 1.807) is 30.3 Å². The normalized spacial score (nSPS) is 11.5. The van der Waals surface area contributed by atoms with E-state index in [-0.39, 0.29) is 4.90 Å². The molecule has 0 aliphatic carbocycles. The number of anilines is 1. The molecule has 1 amide bonds. The van der Waals surface area contributed by atoms with Crippen molar-refractivity contribution in [2.45, 2.75) is 25.7 Å². The summed E-state index contributed by atoms with van der Waals surface area (Å²) in [5.74, 6) is -0.541. The molecule has 3 rings (SSSR count). The van der Waals surface area contributed by atoms with E-state index in [1.165, 1.54) is 18.3 Å². The molecule has 0 atom stereocenters. The van der Waals surface area contributed by atoms with Gasteiger partial charge in [-0.15, -0.1) is 0 Å². The van der Waals surface area contributed by atoms with Gasteiger partial charge < -0.3 is 0 Å². The first kappa shape index (κ1) is 22.2. The van der Waals surface area contributed by atoms with Gasteiger partial charge in [0.2, 0.25) is 0 Å². The number of nitrogens with one attached hydrogen (secondary N) is 1. The summed E-state index contributed by atoms with van der Waals surface area (Å²) in [5, 5.41) is 3.96. The predicted octanol–water partition coefficient (Wildman–Crippen LogP) is 3.96. The number of hydrogen-bond donors (Lipinski definition) is 1. The Hall–Kier alpha value is -3.45. The van der Waals surface area contributed by atoms with E-state index in [0.717, 1.165) is 26.6 Å². The van der Waals surface area contributed by atoms with Gasteiger partial charge in [0.25, 0.3) is 15.9 Å². The molecule has 0 saturated carbocycles. The molecule has 7 heteroatoms. The zero-order valence-corrected chi connectivity index (χ0v) is 18.6. The van der Waals surface area contributed by atoms with E-state index in [2.05, 4.69) is 10.5 Å². The van der Waals surface area contributed by atoms with Crippen molar-refractivity contribution in [3.05, 3.63) is 95.1 Å². The Morgan fingerprint density at radius 1 is 0.935 bits per heavy atom. The van der Waals surface area contributed by atoms with Crippen LogP contribution in [0.5, 0.6) is 0 Å². The van der Waals surface area contributed by atoms with Gasteiger partial charge in [-0.25, -0.2) is 13.8 Å². The average molecular weight is 436 g/mol. The van der Waals surface area contributed by atoms with Crippen LogP contribution in [0.25, 0.3) is 0 Å². The minimum atomic E-state index is -3.94. The summed E-state index contributed by atoms with van der Waals surface area (Å²) in [6.45, 7) is 5.43. The lowest BCUT2D eigenvalue weighted by molar-refractivity contribution is -0.119. The molecule has 3 aromatic carbocycles. The molecule has 0 aliphatic rings. The van der Waals surface area contributed by atoms with Crippen molar-refractivity contribution < 1.29 is 13.2 Å². The Bertz CT molecular complexity index is 1190. The van der Waals surface area contributed by atoms with Crippen LogP contribution in [-0.4, -0.2) is 27.1 Å². The third-order valence-corrected chi connectivity index (χ3v) is 6.67. The molecule has 31 heavy (non-hydrogen) atoms. The first-order valence-electron chi connectivity index (χ1n) is 9.81. The molecule has 0 heterocycles. The van der Waals surface area contributed by atoms with E-state index in [1.807, 2.05) is 51.1 Å². The van der Waals surface area contributed by atoms with Crippen molar-refractivity contribution in [1.82, 2.24) is 5.43 Å². The molecular weight excluding hydrogens is 410 g/mol. The van der Waals surface area contributed by atoms with Gasteiger partial charge in [0, 0.05) is 0 Å². The highest BCUT2D eigenvalue weighted by Gasteiger charge is 2.27. The van der Waals surface area contributed by atoms with E-state index in [0.29, 0.717) is 5.69 Å². The SMILES string of the molecule is Cc1ccc(/C=N/NC(=O)CN(c2ccc(C)c(C)c2)S(=O)(=O)c2ccccc2)cc1. The summed E-state index contributed by atoms with van der Waals surface area (Å²) in [7, 11) is -3.94. The van der Waals surface area contributed by atoms with Crippen LogP contribution in [0.3, 0.4) is 0 Å². The van der Waals surface area contributed by atoms with Crippen molar-refractivity contribution in [2.75, 3.05) is 10.8 Å². The fraction of sp³-hybridized carbons (Fsp3) is 0.167. The van der Waals surface area contributed by atoms with Crippen LogP contribution in [0.4, 0.5) is 5.69 Å². The lowest BCUT2D eigenvalue weighted by Crippen LogP contribution is -2.39. The van der Waals surface area contributed by atoms with Crippen LogP contribution in [0.1, 0.15) is 22.3 Å². The van der Waals surface area contributed by atoms with Gasteiger partial charge in [0.05, 0.1) is 16.8 Å². The summed E-state index contributed by atoms with van der Waals surface area (Å²) in [6, 6.07) is 21.0. The molecule has 160 valence electrons. The number of sulfonamides is 1. The summed E-state index contributed by atoms with van der Waals surface area (Å²) in [6.07, 6.45) is 1.52. The molecule has 0 aromatic heterocycles. The van der Waals surface area contributed by atoms with Gasteiger partial charge in [0.15, 0.2) is 0 Å². The van der Waals surface area contributed by atoms with Gasteiger partial charge >= 0.3 is 0 Å². The first-order valence-corrected chi connectivity index (χ1v) is 11.2. The molecule has 3 aromatic rings. The molecular formula is C24H25N3O3S. The number of carbonyl (C=O) groups excluding carboxylic acids is 1. The maximum atomic E-state index is 13.3. The summed E-state index contributed by atoms with van der Waals surface area (Å²) in [4.78, 5) is 12.7. The summed E-state index contributed by atoms with van der Waals surface area (Å²) >= 11 is 0. The monoisotopic (exact) mass is 435 g/mol. The van der Waals surface area contributed by atoms with Crippen molar-refractivity contribution in [2.24, 2.45) is 5.10 Å². The summed E-state index contributed by atoms with van der Waals surface area (Å²) < 4.78 is 27.7. The second kappa shape index (κ2) is 9.57. The zero-order valence-electron chi connectivity index (χ0n) is 17.7. The van der Waals surface area contributed by atoms with Crippen molar-refractivity contribution in [1.29, 1.82) is 0 Å². The molecule has 0 spiro atoms. The molecule has 0 bridgehead atoms. The van der Waals surface area contributed by atoms with Crippen LogP contribution in [0.15, 0.2) is 82.8 Å². The molecule has 0 saturated heterocycles. The van der Waals surface area contributed by atoms with Gasteiger partial charge in [-0.3, -0.25) is 9.10 Å². The second-order valence-electron chi connectivity index (χ2n) is 7.30. The number of hydrazone groups is 1. The van der Waals surface area contributed by atoms with E-state index in [9.17, 15) is 13.2 Å². The Balaban J connectivity index is 1.85. The fourth-order valence-corrected chi connectivity index (χ4v) is 4.35. The largest absolute Gasteiger partial charge is 0.271 e. The number of benzene rings is 3. The van der Waals surface area contributed by atoms with Crippen LogP contribution in [0, 0.1) is 20.8 Å². The fourth-order valence-electron chi connectivity index (χ4n) is 2.91. The highest BCUT2D eigenvalue weighted by Crippen LogP contribution is 2.25. The van der Waals surface area contributed by atoms with E-state index in [4.69, 9.17) is 0 Å². The van der Waals surface area contributed by atoms with Crippen LogP contribution < -0.4 is 9.73 Å². The Morgan fingerprint density at radius 3 is 2.26 bits per heavy atom. The van der Waals surface area contributed by atoms with Crippen molar-refractivity contribution in [3.63, 3.8) is 0 Å². The number of aryl methyl sites for hydroxylation is 3. The third-order valence-electron chi connectivity index (χ3n) is 4.88. The topological polar surface area (TPSA) is 78.8 Å². The standard InChI is InChI=1S/C24H25N3O3S/c1-18-9-12-21(13-10-18)16-25-26-24(28)17-27(22-14-11-19(2)20(3)15-22)31(29,30)23-7-5-4-6-8-23/h4-16H,17H2,1-3H3,(H,26,28)/b25-16+. The average Bonchev–Trinajstić information content (AvgIpc) is 2.76. The van der Waals surface area contributed by atoms with Gasteiger partial charge in [-0.1, -0.05) is 54.1 Å². The van der Waals surface area contributed by atoms with Crippen LogP contribution >= 0.6 is 0 Å². The van der Waals surface area contributed by atoms with Gasteiger partial charge in [-0.2, -0.15) is 5.10 Å². The number of nitrogens with zero attached hydrogens (tertiary/aromatic N) is 2. The van der Waals surface area contributed by atoms with E-state index >= 15 is 0 Å². The summed E-state index contributed by atoms with van der Waals surface area (Å²) in [5.41, 5.74) is 6.76. The minimum absolute atomic E-state index is 0.115. The lowest BCUT2D eigenvalue weighted by atomic mass is 10.1. The molecule has 6 nitrogen and oxygen atoms in total. The van der Waals surface area contributed by atoms with Gasteiger partial charge in [-0.05, 0) is 61.7 Å². The second-order valence-corrected chi connectivity index (χ2v) is 9.16. The Labute approximate surface area is 183 Å².